The van der Waals surface area contributed by atoms with Gasteiger partial charge in [-0.3, -0.25) is 0 Å². The zero-order valence-corrected chi connectivity index (χ0v) is 13.3. The second-order valence-electron chi connectivity index (χ2n) is 5.06. The van der Waals surface area contributed by atoms with Crippen LogP contribution in [0, 0.1) is 17.6 Å². The summed E-state index contributed by atoms with van der Waals surface area (Å²) in [5.74, 6) is -0.922. The molecule has 1 aliphatic heterocycles. The Morgan fingerprint density at radius 2 is 2.15 bits per heavy atom. The molecule has 1 aromatic rings. The Kier molecular flexibility index (Phi) is 5.52. The Balaban J connectivity index is 2.40. The minimum absolute atomic E-state index is 0.0526. The van der Waals surface area contributed by atoms with Crippen LogP contribution in [0.4, 0.5) is 8.78 Å². The number of ether oxygens (including phenoxy) is 1. The van der Waals surface area contributed by atoms with E-state index in [-0.39, 0.29) is 23.6 Å². The van der Waals surface area contributed by atoms with E-state index in [0.717, 1.165) is 12.8 Å². The highest BCUT2D eigenvalue weighted by atomic mass is 79.9. The third kappa shape index (κ3) is 3.05. The number of rotatable bonds is 5. The van der Waals surface area contributed by atoms with E-state index in [2.05, 4.69) is 21.2 Å². The molecule has 0 aliphatic carbocycles. The van der Waals surface area contributed by atoms with Crippen LogP contribution in [-0.2, 0) is 4.74 Å². The molecule has 0 spiro atoms. The van der Waals surface area contributed by atoms with E-state index in [9.17, 15) is 8.78 Å². The lowest BCUT2D eigenvalue weighted by Gasteiger charge is -2.29. The maximum absolute atomic E-state index is 14.4. The molecule has 5 heteroatoms. The molecular weight excluding hydrogens is 328 g/mol. The van der Waals surface area contributed by atoms with Crippen LogP contribution < -0.4 is 5.32 Å². The predicted molar refractivity (Wildman–Crippen MR) is 78.6 cm³/mol. The summed E-state index contributed by atoms with van der Waals surface area (Å²) in [6, 6.07) is 2.36. The molecule has 0 saturated carbocycles. The first-order valence-corrected chi connectivity index (χ1v) is 7.87. The number of benzene rings is 1. The van der Waals surface area contributed by atoms with Crippen molar-refractivity contribution in [2.24, 2.45) is 5.92 Å². The Morgan fingerprint density at radius 1 is 1.40 bits per heavy atom. The maximum atomic E-state index is 14.4. The Labute approximate surface area is 127 Å². The average molecular weight is 348 g/mol. The molecule has 0 aromatic heterocycles. The van der Waals surface area contributed by atoms with Crippen LogP contribution >= 0.6 is 15.9 Å². The third-order valence-electron chi connectivity index (χ3n) is 3.91. The molecule has 1 saturated heterocycles. The summed E-state index contributed by atoms with van der Waals surface area (Å²) in [5.41, 5.74) is 0.121. The second-order valence-corrected chi connectivity index (χ2v) is 5.92. The van der Waals surface area contributed by atoms with E-state index in [0.29, 0.717) is 17.6 Å². The highest BCUT2D eigenvalue weighted by Gasteiger charge is 2.37. The molecule has 20 heavy (non-hydrogen) atoms. The highest BCUT2D eigenvalue weighted by Crippen LogP contribution is 2.38. The molecule has 2 nitrogen and oxygen atoms in total. The largest absolute Gasteiger partial charge is 0.378 e. The minimum Gasteiger partial charge on any atom is -0.378 e. The monoisotopic (exact) mass is 347 g/mol. The normalized spacial score (nSPS) is 24.1. The molecular formula is C15H20BrF2NO. The summed E-state index contributed by atoms with van der Waals surface area (Å²) in [4.78, 5) is 0. The fraction of sp³-hybridized carbons (Fsp3) is 0.600. The summed E-state index contributed by atoms with van der Waals surface area (Å²) in [5, 5.41) is 3.23. The lowest BCUT2D eigenvalue weighted by atomic mass is 9.86. The van der Waals surface area contributed by atoms with Crippen LogP contribution in [0.25, 0.3) is 0 Å². The molecule has 3 unspecified atom stereocenters. The van der Waals surface area contributed by atoms with E-state index in [1.807, 2.05) is 13.8 Å². The van der Waals surface area contributed by atoms with Crippen molar-refractivity contribution in [1.82, 2.24) is 5.32 Å². The van der Waals surface area contributed by atoms with Crippen molar-refractivity contribution in [3.8, 4) is 0 Å². The Bertz CT molecular complexity index is 469. The van der Waals surface area contributed by atoms with Gasteiger partial charge in [-0.1, -0.05) is 13.8 Å². The number of nitrogens with one attached hydrogen (secondary N) is 1. The van der Waals surface area contributed by atoms with Crippen LogP contribution in [0.5, 0.6) is 0 Å². The van der Waals surface area contributed by atoms with Crippen molar-refractivity contribution in [3.63, 3.8) is 0 Å². The van der Waals surface area contributed by atoms with Gasteiger partial charge < -0.3 is 10.1 Å². The first kappa shape index (κ1) is 15.9. The van der Waals surface area contributed by atoms with E-state index in [1.165, 1.54) is 12.1 Å². The molecule has 1 heterocycles. The van der Waals surface area contributed by atoms with Gasteiger partial charge in [-0.2, -0.15) is 0 Å². The first-order chi connectivity index (χ1) is 9.60. The smallest absolute Gasteiger partial charge is 0.145 e. The molecule has 0 amide bonds. The van der Waals surface area contributed by atoms with E-state index < -0.39 is 11.6 Å². The second kappa shape index (κ2) is 6.96. The Morgan fingerprint density at radius 3 is 2.80 bits per heavy atom. The summed E-state index contributed by atoms with van der Waals surface area (Å²) in [7, 11) is 0. The van der Waals surface area contributed by atoms with Gasteiger partial charge in [0, 0.05) is 24.1 Å². The van der Waals surface area contributed by atoms with Crippen LogP contribution in [0.2, 0.25) is 0 Å². The van der Waals surface area contributed by atoms with Crippen LogP contribution in [0.3, 0.4) is 0 Å². The molecule has 2 rings (SSSR count). The van der Waals surface area contributed by atoms with Gasteiger partial charge in [-0.05, 0) is 47.4 Å². The van der Waals surface area contributed by atoms with Crippen LogP contribution in [-0.4, -0.2) is 19.3 Å². The summed E-state index contributed by atoms with van der Waals surface area (Å²) in [6.45, 7) is 5.29. The molecule has 0 bridgehead atoms. The highest BCUT2D eigenvalue weighted by molar-refractivity contribution is 9.10. The molecule has 1 aromatic carbocycles. The zero-order chi connectivity index (χ0) is 14.7. The van der Waals surface area contributed by atoms with Gasteiger partial charge in [-0.25, -0.2) is 8.78 Å². The standard InChI is InChI=1S/C15H20BrF2NO/c1-3-12-9(7-8-20-12)15(19-4-2)13-11(17)6-5-10(16)14(13)18/h5-6,9,12,15,19H,3-4,7-8H2,1-2H3. The third-order valence-corrected chi connectivity index (χ3v) is 4.52. The number of hydrogen-bond donors (Lipinski definition) is 1. The molecule has 112 valence electrons. The van der Waals surface area contributed by atoms with Crippen molar-refractivity contribution < 1.29 is 13.5 Å². The van der Waals surface area contributed by atoms with Gasteiger partial charge in [0.05, 0.1) is 10.6 Å². The van der Waals surface area contributed by atoms with Gasteiger partial charge in [-0.15, -0.1) is 0 Å². The summed E-state index contributed by atoms with van der Waals surface area (Å²) >= 11 is 3.14. The summed E-state index contributed by atoms with van der Waals surface area (Å²) < 4.78 is 34.5. The van der Waals surface area contributed by atoms with Crippen molar-refractivity contribution in [3.05, 3.63) is 33.8 Å². The number of halogens is 3. The number of hydrogen-bond acceptors (Lipinski definition) is 2. The molecule has 0 radical (unpaired) electrons. The van der Waals surface area contributed by atoms with Crippen molar-refractivity contribution in [2.45, 2.75) is 38.8 Å². The zero-order valence-electron chi connectivity index (χ0n) is 11.8. The van der Waals surface area contributed by atoms with Gasteiger partial charge >= 0.3 is 0 Å². The van der Waals surface area contributed by atoms with Crippen molar-refractivity contribution in [2.75, 3.05) is 13.2 Å². The minimum atomic E-state index is -0.516. The average Bonchev–Trinajstić information content (AvgIpc) is 2.90. The van der Waals surface area contributed by atoms with Crippen LogP contribution in [0.1, 0.15) is 38.3 Å². The Hall–Kier alpha value is -0.520. The van der Waals surface area contributed by atoms with E-state index in [1.54, 1.807) is 0 Å². The maximum Gasteiger partial charge on any atom is 0.145 e. The lowest BCUT2D eigenvalue weighted by Crippen LogP contribution is -2.34. The molecule has 1 aliphatic rings. The van der Waals surface area contributed by atoms with Crippen molar-refractivity contribution >= 4 is 15.9 Å². The SMILES string of the molecule is CCNC(c1c(F)ccc(Br)c1F)C1CCOC1CC. The van der Waals surface area contributed by atoms with Crippen molar-refractivity contribution in [1.29, 1.82) is 0 Å². The van der Waals surface area contributed by atoms with Gasteiger partial charge in [0.1, 0.15) is 11.6 Å². The fourth-order valence-electron chi connectivity index (χ4n) is 2.98. The lowest BCUT2D eigenvalue weighted by molar-refractivity contribution is 0.0767. The molecule has 1 fully saturated rings. The quantitative estimate of drug-likeness (QED) is 0.806. The van der Waals surface area contributed by atoms with E-state index in [4.69, 9.17) is 4.74 Å². The van der Waals surface area contributed by atoms with E-state index >= 15 is 0 Å². The predicted octanol–water partition coefficient (Wildman–Crippen LogP) is 4.19. The van der Waals surface area contributed by atoms with Gasteiger partial charge in [0.25, 0.3) is 0 Å². The van der Waals surface area contributed by atoms with Crippen LogP contribution in [0.15, 0.2) is 16.6 Å². The first-order valence-electron chi connectivity index (χ1n) is 7.08. The molecule has 3 atom stereocenters. The summed E-state index contributed by atoms with van der Waals surface area (Å²) in [6.07, 6.45) is 1.72. The van der Waals surface area contributed by atoms with Gasteiger partial charge in [0.2, 0.25) is 0 Å². The van der Waals surface area contributed by atoms with Gasteiger partial charge in [0.15, 0.2) is 0 Å². The fourth-order valence-corrected chi connectivity index (χ4v) is 3.33. The topological polar surface area (TPSA) is 21.3 Å². The molecule has 1 N–H and O–H groups in total.